The fourth-order valence-electron chi connectivity index (χ4n) is 4.99. The SMILES string of the molecule is CN1CCN(c2ccc(-c3cc(=O)n(C)cc3-c3cc(CCNS(=O)O)ccc3Oc3ccc(F)cc3F)cc2)CC1. The van der Waals surface area contributed by atoms with Crippen molar-refractivity contribution in [3.63, 3.8) is 0 Å². The Morgan fingerprint density at radius 1 is 0.881 bits per heavy atom. The number of nitrogens with zero attached hydrogens (tertiary/aromatic N) is 3. The molecule has 2 N–H and O–H groups in total. The largest absolute Gasteiger partial charge is 0.454 e. The summed E-state index contributed by atoms with van der Waals surface area (Å²) in [4.78, 5) is 17.5. The van der Waals surface area contributed by atoms with Gasteiger partial charge >= 0.3 is 0 Å². The van der Waals surface area contributed by atoms with Gasteiger partial charge in [-0.15, -0.1) is 0 Å². The third-order valence-corrected chi connectivity index (χ3v) is 7.81. The third-order valence-electron chi connectivity index (χ3n) is 7.36. The standard InChI is InChI=1S/C31H32F2N4O4S/c1-35-13-15-37(16-14-35)24-7-4-22(5-8-24)25-19-31(38)36(2)20-27(25)26-17-21(11-12-34-42(39)40)3-9-29(26)41-30-10-6-23(32)18-28(30)33/h3-10,17-20,34H,11-16H2,1-2H3,(H,39,40). The summed E-state index contributed by atoms with van der Waals surface area (Å²) in [5.74, 6) is -1.41. The Bertz CT molecular complexity index is 1650. The van der Waals surface area contributed by atoms with Crippen LogP contribution in [0.5, 0.6) is 11.5 Å². The Balaban J connectivity index is 1.58. The van der Waals surface area contributed by atoms with Crippen LogP contribution in [0.4, 0.5) is 14.5 Å². The highest BCUT2D eigenvalue weighted by Crippen LogP contribution is 2.40. The van der Waals surface area contributed by atoms with E-state index >= 15 is 0 Å². The first-order valence-corrected chi connectivity index (χ1v) is 14.6. The van der Waals surface area contributed by atoms with Gasteiger partial charge in [0.1, 0.15) is 11.6 Å². The summed E-state index contributed by atoms with van der Waals surface area (Å²) >= 11 is -2.15. The molecule has 1 aliphatic rings. The van der Waals surface area contributed by atoms with Crippen molar-refractivity contribution < 1.29 is 22.3 Å². The van der Waals surface area contributed by atoms with Gasteiger partial charge in [-0.1, -0.05) is 18.2 Å². The summed E-state index contributed by atoms with van der Waals surface area (Å²) in [7, 11) is 3.76. The van der Waals surface area contributed by atoms with Crippen molar-refractivity contribution in [2.24, 2.45) is 7.05 Å². The van der Waals surface area contributed by atoms with Crippen molar-refractivity contribution >= 4 is 17.0 Å². The van der Waals surface area contributed by atoms with Gasteiger partial charge in [0, 0.05) is 74.9 Å². The van der Waals surface area contributed by atoms with Crippen molar-refractivity contribution in [2.45, 2.75) is 6.42 Å². The molecule has 42 heavy (non-hydrogen) atoms. The lowest BCUT2D eigenvalue weighted by molar-refractivity contribution is 0.313. The van der Waals surface area contributed by atoms with E-state index in [2.05, 4.69) is 21.6 Å². The van der Waals surface area contributed by atoms with Crippen molar-refractivity contribution in [2.75, 3.05) is 44.7 Å². The number of halogens is 2. The Morgan fingerprint density at radius 3 is 2.29 bits per heavy atom. The van der Waals surface area contributed by atoms with Gasteiger partial charge in [-0.05, 0) is 66.6 Å². The molecule has 8 nitrogen and oxygen atoms in total. The number of pyridine rings is 1. The number of aromatic nitrogens is 1. The van der Waals surface area contributed by atoms with Crippen LogP contribution in [0, 0.1) is 11.6 Å². The van der Waals surface area contributed by atoms with Gasteiger partial charge in [0.25, 0.3) is 5.56 Å². The number of ether oxygens (including phenoxy) is 1. The average Bonchev–Trinajstić information content (AvgIpc) is 2.97. The number of piperazine rings is 1. The molecule has 11 heteroatoms. The summed E-state index contributed by atoms with van der Waals surface area (Å²) in [6.07, 6.45) is 2.13. The van der Waals surface area contributed by atoms with Crippen LogP contribution in [0.1, 0.15) is 5.56 Å². The van der Waals surface area contributed by atoms with Crippen molar-refractivity contribution in [3.8, 4) is 33.8 Å². The monoisotopic (exact) mass is 594 g/mol. The van der Waals surface area contributed by atoms with E-state index in [-0.39, 0.29) is 17.9 Å². The number of benzene rings is 3. The second kappa shape index (κ2) is 13.0. The zero-order valence-corrected chi connectivity index (χ0v) is 24.2. The Hall–Kier alpha value is -3.90. The minimum Gasteiger partial charge on any atom is -0.454 e. The molecule has 0 saturated carbocycles. The molecule has 1 unspecified atom stereocenters. The average molecular weight is 595 g/mol. The lowest BCUT2D eigenvalue weighted by Gasteiger charge is -2.34. The van der Waals surface area contributed by atoms with Crippen LogP contribution in [-0.4, -0.2) is 58.0 Å². The van der Waals surface area contributed by atoms with Crippen LogP contribution >= 0.6 is 0 Å². The smallest absolute Gasteiger partial charge is 0.250 e. The summed E-state index contributed by atoms with van der Waals surface area (Å²) in [5, 5.41) is 0. The number of anilines is 1. The van der Waals surface area contributed by atoms with E-state index < -0.39 is 22.9 Å². The molecule has 0 aliphatic carbocycles. The zero-order valence-electron chi connectivity index (χ0n) is 23.3. The van der Waals surface area contributed by atoms with Gasteiger partial charge < -0.3 is 19.1 Å². The van der Waals surface area contributed by atoms with Crippen LogP contribution < -0.4 is 19.9 Å². The Morgan fingerprint density at radius 2 is 1.60 bits per heavy atom. The number of likely N-dealkylation sites (N-methyl/N-ethyl adjacent to an activating group) is 1. The highest BCUT2D eigenvalue weighted by Gasteiger charge is 2.19. The molecule has 4 aromatic rings. The van der Waals surface area contributed by atoms with E-state index in [1.54, 1.807) is 31.4 Å². The number of hydrogen-bond acceptors (Lipinski definition) is 5. The molecule has 2 heterocycles. The Labute approximate surface area is 245 Å². The van der Waals surface area contributed by atoms with E-state index in [1.165, 1.54) is 10.6 Å². The Kier molecular flexibility index (Phi) is 9.12. The van der Waals surface area contributed by atoms with Crippen molar-refractivity contribution in [3.05, 3.63) is 100 Å². The maximum atomic E-state index is 14.6. The van der Waals surface area contributed by atoms with Crippen molar-refractivity contribution in [1.29, 1.82) is 0 Å². The molecule has 0 bridgehead atoms. The van der Waals surface area contributed by atoms with Gasteiger partial charge in [-0.2, -0.15) is 0 Å². The predicted molar refractivity (Wildman–Crippen MR) is 161 cm³/mol. The van der Waals surface area contributed by atoms with Gasteiger partial charge in [0.15, 0.2) is 11.6 Å². The summed E-state index contributed by atoms with van der Waals surface area (Å²) in [6, 6.07) is 18.0. The van der Waals surface area contributed by atoms with Crippen LogP contribution in [0.3, 0.4) is 0 Å². The predicted octanol–water partition coefficient (Wildman–Crippen LogP) is 4.81. The van der Waals surface area contributed by atoms with Crippen LogP contribution in [0.15, 0.2) is 77.7 Å². The van der Waals surface area contributed by atoms with E-state index in [0.717, 1.165) is 55.1 Å². The molecule has 1 atom stereocenters. The number of rotatable bonds is 9. The van der Waals surface area contributed by atoms with Crippen LogP contribution in [-0.2, 0) is 24.7 Å². The van der Waals surface area contributed by atoms with E-state index in [0.29, 0.717) is 28.9 Å². The second-order valence-electron chi connectivity index (χ2n) is 10.3. The van der Waals surface area contributed by atoms with E-state index in [1.807, 2.05) is 30.3 Å². The molecule has 0 radical (unpaired) electrons. The molecule has 0 amide bonds. The highest BCUT2D eigenvalue weighted by molar-refractivity contribution is 7.77. The maximum absolute atomic E-state index is 14.6. The molecule has 1 saturated heterocycles. The first-order chi connectivity index (χ1) is 20.2. The van der Waals surface area contributed by atoms with Crippen LogP contribution in [0.2, 0.25) is 0 Å². The molecule has 3 aromatic carbocycles. The molecule has 1 aliphatic heterocycles. The van der Waals surface area contributed by atoms with E-state index in [4.69, 9.17) is 9.29 Å². The highest BCUT2D eigenvalue weighted by atomic mass is 32.2. The van der Waals surface area contributed by atoms with E-state index in [9.17, 15) is 17.8 Å². The maximum Gasteiger partial charge on any atom is 0.250 e. The van der Waals surface area contributed by atoms with Gasteiger partial charge in [0.05, 0.1) is 0 Å². The lowest BCUT2D eigenvalue weighted by Crippen LogP contribution is -2.44. The normalized spacial score (nSPS) is 14.6. The zero-order chi connectivity index (χ0) is 29.8. The minimum absolute atomic E-state index is 0.148. The fourth-order valence-corrected chi connectivity index (χ4v) is 5.27. The topological polar surface area (TPSA) is 87.0 Å². The molecule has 0 spiro atoms. The first-order valence-electron chi connectivity index (χ1n) is 13.5. The molecular formula is C31H32F2N4O4S. The number of hydrogen-bond donors (Lipinski definition) is 2. The molecule has 1 aromatic heterocycles. The van der Waals surface area contributed by atoms with Crippen molar-refractivity contribution in [1.82, 2.24) is 14.2 Å². The first kappa shape index (κ1) is 29.6. The number of aryl methyl sites for hydroxylation is 1. The minimum atomic E-state index is -2.15. The molecule has 5 rings (SSSR count). The van der Waals surface area contributed by atoms with Gasteiger partial charge in [0.2, 0.25) is 11.3 Å². The third kappa shape index (κ3) is 6.93. The quantitative estimate of drug-likeness (QED) is 0.271. The molecule has 1 fully saturated rings. The lowest BCUT2D eigenvalue weighted by atomic mass is 9.94. The summed E-state index contributed by atoms with van der Waals surface area (Å²) in [6.45, 7) is 4.07. The molecular weight excluding hydrogens is 562 g/mol. The van der Waals surface area contributed by atoms with Gasteiger partial charge in [-0.3, -0.25) is 9.35 Å². The fraction of sp³-hybridized carbons (Fsp3) is 0.258. The summed E-state index contributed by atoms with van der Waals surface area (Å²) in [5.41, 5.74) is 4.46. The van der Waals surface area contributed by atoms with Crippen LogP contribution in [0.25, 0.3) is 22.3 Å². The number of nitrogens with one attached hydrogen (secondary N) is 1. The van der Waals surface area contributed by atoms with Gasteiger partial charge in [-0.25, -0.2) is 17.7 Å². The summed E-state index contributed by atoms with van der Waals surface area (Å²) < 4.78 is 58.2. The second-order valence-corrected chi connectivity index (χ2v) is 11.1. The molecule has 220 valence electrons.